The molecule has 1 N–H and O–H groups in total. The van der Waals surface area contributed by atoms with E-state index in [-0.39, 0.29) is 50.8 Å². The smallest absolute Gasteiger partial charge is 0.123 e. The zero-order valence-corrected chi connectivity index (χ0v) is 33.2. The van der Waals surface area contributed by atoms with E-state index in [0.29, 0.717) is 5.75 Å². The molecule has 0 unspecified atom stereocenters. The molecular formula is C32H59OSi2Th-2. The van der Waals surface area contributed by atoms with Crippen LogP contribution in [0.4, 0.5) is 0 Å². The summed E-state index contributed by atoms with van der Waals surface area (Å²) in [7, 11) is -1.72. The SMILES string of the molecule is CC(C)(C)c1cccc(C(C)(C)C)c1O.C[C]1[C](C)[C](C)[C](C)[C]1C.[CH2-][Si](C)(C)C.[CH2-][Si](C)(C)C.[Th]. The molecule has 207 valence electrons. The van der Waals surface area contributed by atoms with Crippen molar-refractivity contribution < 1.29 is 45.0 Å². The molecule has 1 saturated carbocycles. The maximum absolute atomic E-state index is 10.3. The molecule has 1 aromatic rings. The van der Waals surface area contributed by atoms with Gasteiger partial charge in [0, 0.05) is 39.9 Å². The van der Waals surface area contributed by atoms with E-state index in [2.05, 4.69) is 129 Å². The predicted molar refractivity (Wildman–Crippen MR) is 167 cm³/mol. The first kappa shape index (κ1) is 41.3. The molecule has 0 bridgehead atoms. The average molecular weight is 748 g/mol. The van der Waals surface area contributed by atoms with Crippen LogP contribution in [0.25, 0.3) is 0 Å². The van der Waals surface area contributed by atoms with Crippen LogP contribution in [0, 0.1) is 82.6 Å². The summed E-state index contributed by atoms with van der Waals surface area (Å²) in [5, 5.41) is 10.3. The van der Waals surface area contributed by atoms with Crippen LogP contribution in [0.5, 0.6) is 5.75 Å². The first-order valence-electron chi connectivity index (χ1n) is 12.9. The molecule has 0 aromatic heterocycles. The van der Waals surface area contributed by atoms with E-state index in [9.17, 15) is 5.11 Å². The first-order valence-corrected chi connectivity index (χ1v) is 20.3. The standard InChI is InChI=1S/C14H22O.C10H15.2C4H11Si.Th/c1-13(2,3)10-8-7-9-11(12(10)15)14(4,5)6;1-6-7(2)9(4)10(5)8(6)3;2*1-5(2,3)4;/h7-9,15H,1-6H3;1-5H3;2*1H2,2-4H3;/q;;2*-1;. The van der Waals surface area contributed by atoms with Gasteiger partial charge in [-0.1, -0.05) is 134 Å². The third kappa shape index (κ3) is 18.1. The largest absolute Gasteiger partial charge is 0.507 e. The fraction of sp³-hybridized carbons (Fsp3) is 0.594. The minimum Gasteiger partial charge on any atom is -0.507 e. The molecule has 1 aliphatic carbocycles. The van der Waals surface area contributed by atoms with E-state index in [1.807, 2.05) is 18.2 Å². The van der Waals surface area contributed by atoms with Gasteiger partial charge in [-0.05, 0) is 51.5 Å². The Morgan fingerprint density at radius 1 is 0.556 bits per heavy atom. The van der Waals surface area contributed by atoms with E-state index in [1.54, 1.807) is 0 Å². The van der Waals surface area contributed by atoms with Gasteiger partial charge in [0.1, 0.15) is 5.75 Å². The second kappa shape index (κ2) is 16.1. The molecular weight excluding hydrogens is 689 g/mol. The maximum atomic E-state index is 10.3. The van der Waals surface area contributed by atoms with Gasteiger partial charge in [-0.3, -0.25) is 0 Å². The molecule has 0 saturated heterocycles. The molecule has 1 aromatic carbocycles. The molecule has 5 radical (unpaired) electrons. The molecule has 0 spiro atoms. The average Bonchev–Trinajstić information content (AvgIpc) is 2.75. The Kier molecular flexibility index (Phi) is 18.5. The van der Waals surface area contributed by atoms with Gasteiger partial charge in [-0.15, -0.1) is 16.1 Å². The Bertz CT molecular complexity index is 631. The molecule has 0 aliphatic heterocycles. The normalized spacial score (nSPS) is 16.6. The van der Waals surface area contributed by atoms with Gasteiger partial charge in [0.05, 0.1) is 0 Å². The third-order valence-electron chi connectivity index (χ3n) is 5.46. The summed E-state index contributed by atoms with van der Waals surface area (Å²) >= 11 is 0. The van der Waals surface area contributed by atoms with Crippen molar-refractivity contribution in [2.24, 2.45) is 0 Å². The Hall–Kier alpha value is 0.778. The summed E-state index contributed by atoms with van der Waals surface area (Å²) in [6.07, 6.45) is 0. The predicted octanol–water partition coefficient (Wildman–Crippen LogP) is 10.4. The van der Waals surface area contributed by atoms with Crippen LogP contribution >= 0.6 is 0 Å². The first-order chi connectivity index (χ1) is 15.2. The number of aromatic hydroxyl groups is 1. The summed E-state index contributed by atoms with van der Waals surface area (Å²) < 4.78 is 0. The van der Waals surface area contributed by atoms with Crippen LogP contribution in [0.3, 0.4) is 0 Å². The van der Waals surface area contributed by atoms with Crippen LogP contribution < -0.4 is 0 Å². The fourth-order valence-electron chi connectivity index (χ4n) is 3.16. The van der Waals surface area contributed by atoms with E-state index < -0.39 is 16.1 Å². The molecule has 1 nitrogen and oxygen atoms in total. The Labute approximate surface area is 263 Å². The van der Waals surface area contributed by atoms with Gasteiger partial charge in [-0.25, -0.2) is 0 Å². The second-order valence-corrected chi connectivity index (χ2v) is 24.7. The number of phenolic OH excluding ortho intramolecular Hbond substituents is 1. The quantitative estimate of drug-likeness (QED) is 0.207. The number of hydrogen-bond donors (Lipinski definition) is 1. The van der Waals surface area contributed by atoms with Crippen molar-refractivity contribution in [1.29, 1.82) is 0 Å². The minimum absolute atomic E-state index is 0. The van der Waals surface area contributed by atoms with Crippen LogP contribution in [0.1, 0.15) is 87.3 Å². The summed E-state index contributed by atoms with van der Waals surface area (Å²) in [5.41, 5.74) is 2.03. The van der Waals surface area contributed by atoms with E-state index in [0.717, 1.165) is 11.1 Å². The van der Waals surface area contributed by atoms with Crippen molar-refractivity contribution in [3.8, 4) is 5.75 Å². The van der Waals surface area contributed by atoms with Crippen LogP contribution in [-0.2, 0) is 10.8 Å². The zero-order valence-electron chi connectivity index (χ0n) is 27.1. The van der Waals surface area contributed by atoms with Crippen molar-refractivity contribution in [1.82, 2.24) is 0 Å². The van der Waals surface area contributed by atoms with Gasteiger partial charge in [-0.2, -0.15) is 0 Å². The molecule has 2 rings (SSSR count). The van der Waals surface area contributed by atoms with Gasteiger partial charge >= 0.3 is 0 Å². The van der Waals surface area contributed by atoms with Crippen LogP contribution in [-0.4, -0.2) is 21.3 Å². The molecule has 0 amide bonds. The summed E-state index contributed by atoms with van der Waals surface area (Å²) in [6.45, 7) is 44.8. The van der Waals surface area contributed by atoms with Crippen molar-refractivity contribution in [2.45, 2.75) is 126 Å². The van der Waals surface area contributed by atoms with E-state index in [1.165, 1.54) is 29.6 Å². The number of hydrogen-bond acceptors (Lipinski definition) is 1. The third-order valence-corrected chi connectivity index (χ3v) is 5.46. The molecule has 36 heavy (non-hydrogen) atoms. The zero-order chi connectivity index (χ0) is 28.7. The van der Waals surface area contributed by atoms with Crippen LogP contribution in [0.2, 0.25) is 39.3 Å². The molecule has 1 fully saturated rings. The monoisotopic (exact) mass is 747 g/mol. The Balaban J connectivity index is -0.000000448. The Morgan fingerprint density at radius 3 is 0.861 bits per heavy atom. The summed E-state index contributed by atoms with van der Waals surface area (Å²) in [4.78, 5) is 0. The topological polar surface area (TPSA) is 20.2 Å². The van der Waals surface area contributed by atoms with Crippen molar-refractivity contribution in [3.05, 3.63) is 72.0 Å². The molecule has 4 heteroatoms. The van der Waals surface area contributed by atoms with Gasteiger partial charge in [0.25, 0.3) is 0 Å². The Morgan fingerprint density at radius 2 is 0.722 bits per heavy atom. The van der Waals surface area contributed by atoms with Gasteiger partial charge in [0.15, 0.2) is 0 Å². The van der Waals surface area contributed by atoms with Crippen molar-refractivity contribution in [3.63, 3.8) is 0 Å². The van der Waals surface area contributed by atoms with Crippen molar-refractivity contribution in [2.75, 3.05) is 0 Å². The minimum atomic E-state index is -0.861. The van der Waals surface area contributed by atoms with Gasteiger partial charge in [0.2, 0.25) is 0 Å². The number of para-hydroxylation sites is 1. The maximum Gasteiger partial charge on any atom is 0.123 e. The van der Waals surface area contributed by atoms with E-state index >= 15 is 0 Å². The van der Waals surface area contributed by atoms with E-state index in [4.69, 9.17) is 0 Å². The number of phenols is 1. The summed E-state index contributed by atoms with van der Waals surface area (Å²) in [6, 6.07) is 6.04. The molecule has 0 heterocycles. The van der Waals surface area contributed by atoms with Crippen LogP contribution in [0.15, 0.2) is 18.2 Å². The molecule has 1 aliphatic rings. The van der Waals surface area contributed by atoms with Gasteiger partial charge < -0.3 is 18.2 Å². The summed E-state index contributed by atoms with van der Waals surface area (Å²) in [5.74, 6) is 7.79. The van der Waals surface area contributed by atoms with Crippen molar-refractivity contribution >= 4 is 16.1 Å². The fourth-order valence-corrected chi connectivity index (χ4v) is 3.16. The molecule has 0 atom stereocenters. The number of benzene rings is 1. The number of rotatable bonds is 0. The second-order valence-electron chi connectivity index (χ2n) is 14.4.